The van der Waals surface area contributed by atoms with Crippen LogP contribution in [0.15, 0.2) is 35.4 Å². The second kappa shape index (κ2) is 6.12. The van der Waals surface area contributed by atoms with Gasteiger partial charge in [-0.2, -0.15) is 9.57 Å². The normalized spacial score (nSPS) is 21.9. The van der Waals surface area contributed by atoms with Crippen molar-refractivity contribution >= 4 is 15.9 Å². The molecule has 0 spiro atoms. The summed E-state index contributed by atoms with van der Waals surface area (Å²) in [4.78, 5) is 19.0. The molecule has 3 heterocycles. The first-order valence-corrected chi connectivity index (χ1v) is 10.4. The molecule has 2 aromatic rings. The average molecular weight is 396 g/mol. The molecule has 4 rings (SSSR count). The van der Waals surface area contributed by atoms with Gasteiger partial charge in [0, 0.05) is 25.8 Å². The molecule has 1 aromatic carbocycles. The van der Waals surface area contributed by atoms with Gasteiger partial charge in [0.25, 0.3) is 5.91 Å². The van der Waals surface area contributed by atoms with Crippen molar-refractivity contribution in [2.75, 3.05) is 19.6 Å². The molecule has 0 N–H and O–H groups in total. The topological polar surface area (TPSA) is 94.4 Å². The smallest absolute Gasteiger partial charge is 0.256 e. The monoisotopic (exact) mass is 396 g/mol. The first kappa shape index (κ1) is 18.6. The van der Waals surface area contributed by atoms with Gasteiger partial charge in [-0.15, -0.1) is 0 Å². The third-order valence-electron chi connectivity index (χ3n) is 5.70. The number of sulfonamides is 1. The van der Waals surface area contributed by atoms with Crippen LogP contribution in [0.4, 0.5) is 0 Å². The highest BCUT2D eigenvalue weighted by atomic mass is 32.2. The van der Waals surface area contributed by atoms with Crippen molar-refractivity contribution in [1.82, 2.24) is 14.2 Å². The number of hydrogen-bond donors (Lipinski definition) is 0. The molecule has 28 heavy (non-hydrogen) atoms. The van der Waals surface area contributed by atoms with Crippen LogP contribution < -0.4 is 0 Å². The molecule has 0 bridgehead atoms. The Balaban J connectivity index is 1.75. The van der Waals surface area contributed by atoms with E-state index < -0.39 is 15.6 Å². The molecule has 8 heteroatoms. The number of carbonyl (C=O) groups is 1. The highest BCUT2D eigenvalue weighted by molar-refractivity contribution is 7.89. The minimum absolute atomic E-state index is 0.104. The third-order valence-corrected chi connectivity index (χ3v) is 7.53. The SMILES string of the molecule is Cc1cc(S(=O)(=O)N2CCN3C(=O)c4cccnc4C3(C)C2)cc(C)c1C#N. The van der Waals surface area contributed by atoms with E-state index in [1.807, 2.05) is 6.92 Å². The van der Waals surface area contributed by atoms with Crippen molar-refractivity contribution in [1.29, 1.82) is 5.26 Å². The molecule has 1 fully saturated rings. The summed E-state index contributed by atoms with van der Waals surface area (Å²) in [5, 5.41) is 9.24. The van der Waals surface area contributed by atoms with Crippen LogP contribution >= 0.6 is 0 Å². The maximum absolute atomic E-state index is 13.3. The van der Waals surface area contributed by atoms with E-state index in [-0.39, 0.29) is 23.9 Å². The zero-order chi connectivity index (χ0) is 20.3. The lowest BCUT2D eigenvalue weighted by Gasteiger charge is -2.44. The lowest BCUT2D eigenvalue weighted by Crippen LogP contribution is -2.58. The third kappa shape index (κ3) is 2.47. The number of fused-ring (bicyclic) bond motifs is 3. The molecular formula is C20H20N4O3S. The zero-order valence-corrected chi connectivity index (χ0v) is 16.7. The van der Waals surface area contributed by atoms with Crippen molar-refractivity contribution in [3.63, 3.8) is 0 Å². The van der Waals surface area contributed by atoms with Gasteiger partial charge in [-0.25, -0.2) is 8.42 Å². The summed E-state index contributed by atoms with van der Waals surface area (Å²) >= 11 is 0. The van der Waals surface area contributed by atoms with Crippen LogP contribution in [-0.4, -0.2) is 48.1 Å². The van der Waals surface area contributed by atoms with Gasteiger partial charge in [0.2, 0.25) is 10.0 Å². The summed E-state index contributed by atoms with van der Waals surface area (Å²) < 4.78 is 28.1. The van der Waals surface area contributed by atoms with E-state index in [2.05, 4.69) is 11.1 Å². The van der Waals surface area contributed by atoms with Crippen LogP contribution in [0.1, 0.15) is 39.7 Å². The van der Waals surface area contributed by atoms with E-state index in [1.165, 1.54) is 4.31 Å². The summed E-state index contributed by atoms with van der Waals surface area (Å²) in [6.45, 7) is 6.00. The number of benzene rings is 1. The van der Waals surface area contributed by atoms with Gasteiger partial charge in [0.05, 0.1) is 33.3 Å². The lowest BCUT2D eigenvalue weighted by molar-refractivity contribution is 0.0365. The number of nitrogens with zero attached hydrogens (tertiary/aromatic N) is 4. The number of carbonyl (C=O) groups excluding carboxylic acids is 1. The van der Waals surface area contributed by atoms with Gasteiger partial charge in [-0.05, 0) is 56.2 Å². The van der Waals surface area contributed by atoms with Gasteiger partial charge in [-0.1, -0.05) is 0 Å². The highest BCUT2D eigenvalue weighted by Gasteiger charge is 2.52. The molecule has 144 valence electrons. The molecule has 0 saturated carbocycles. The quantitative estimate of drug-likeness (QED) is 0.773. The van der Waals surface area contributed by atoms with E-state index in [9.17, 15) is 18.5 Å². The fourth-order valence-electron chi connectivity index (χ4n) is 4.25. The van der Waals surface area contributed by atoms with E-state index in [0.29, 0.717) is 34.5 Å². The van der Waals surface area contributed by atoms with Crippen molar-refractivity contribution < 1.29 is 13.2 Å². The van der Waals surface area contributed by atoms with E-state index in [1.54, 1.807) is 49.2 Å². The molecule has 1 unspecified atom stereocenters. The number of amides is 1. The molecule has 1 saturated heterocycles. The summed E-state index contributed by atoms with van der Waals surface area (Å²) in [5.41, 5.74) is 2.12. The lowest BCUT2D eigenvalue weighted by atomic mass is 9.95. The summed E-state index contributed by atoms with van der Waals surface area (Å²) in [6.07, 6.45) is 1.63. The van der Waals surface area contributed by atoms with Gasteiger partial charge >= 0.3 is 0 Å². The van der Waals surface area contributed by atoms with Crippen molar-refractivity contribution in [2.24, 2.45) is 0 Å². The van der Waals surface area contributed by atoms with Crippen LogP contribution in [0.25, 0.3) is 0 Å². The van der Waals surface area contributed by atoms with Crippen LogP contribution in [0, 0.1) is 25.2 Å². The molecule has 0 radical (unpaired) electrons. The molecule has 1 amide bonds. The Morgan fingerprint density at radius 2 is 1.89 bits per heavy atom. The Bertz CT molecular complexity index is 1130. The van der Waals surface area contributed by atoms with Crippen LogP contribution in [0.2, 0.25) is 0 Å². The van der Waals surface area contributed by atoms with Crippen molar-refractivity contribution in [3.05, 3.63) is 58.4 Å². The average Bonchev–Trinajstić information content (AvgIpc) is 2.89. The van der Waals surface area contributed by atoms with Crippen molar-refractivity contribution in [3.8, 4) is 6.07 Å². The highest BCUT2D eigenvalue weighted by Crippen LogP contribution is 2.41. The molecule has 0 aliphatic carbocycles. The molecule has 2 aliphatic rings. The number of nitriles is 1. The molecule has 7 nitrogen and oxygen atoms in total. The van der Waals surface area contributed by atoms with Crippen LogP contribution in [0.3, 0.4) is 0 Å². The number of aromatic nitrogens is 1. The van der Waals surface area contributed by atoms with E-state index in [4.69, 9.17) is 0 Å². The van der Waals surface area contributed by atoms with Crippen LogP contribution in [-0.2, 0) is 15.6 Å². The Morgan fingerprint density at radius 3 is 2.54 bits per heavy atom. The number of hydrogen-bond acceptors (Lipinski definition) is 5. The number of aryl methyl sites for hydroxylation is 2. The molecule has 1 aromatic heterocycles. The standard InChI is InChI=1S/C20H20N4O3S/c1-13-9-15(10-14(2)17(13)11-21)28(26,27)23-7-8-24-19(25)16-5-4-6-22-18(16)20(24,3)12-23/h4-6,9-10H,7-8,12H2,1-3H3. The molecule has 2 aliphatic heterocycles. The van der Waals surface area contributed by atoms with Gasteiger partial charge < -0.3 is 4.90 Å². The second-order valence-electron chi connectivity index (χ2n) is 7.51. The Labute approximate surface area is 164 Å². The van der Waals surface area contributed by atoms with Crippen molar-refractivity contribution in [2.45, 2.75) is 31.2 Å². The summed E-state index contributed by atoms with van der Waals surface area (Å²) in [7, 11) is -3.77. The largest absolute Gasteiger partial charge is 0.325 e. The maximum atomic E-state index is 13.3. The molecular weight excluding hydrogens is 376 g/mol. The predicted octanol–water partition coefficient (Wildman–Crippen LogP) is 1.95. The zero-order valence-electron chi connectivity index (χ0n) is 15.9. The fraction of sp³-hybridized carbons (Fsp3) is 0.350. The molecule has 1 atom stereocenters. The first-order chi connectivity index (χ1) is 13.2. The second-order valence-corrected chi connectivity index (χ2v) is 9.45. The Hall–Kier alpha value is -2.76. The summed E-state index contributed by atoms with van der Waals surface area (Å²) in [6, 6.07) is 8.65. The van der Waals surface area contributed by atoms with E-state index >= 15 is 0 Å². The fourth-order valence-corrected chi connectivity index (χ4v) is 5.94. The number of pyridine rings is 1. The number of piperazine rings is 1. The minimum atomic E-state index is -3.77. The Kier molecular flexibility index (Phi) is 4.07. The van der Waals surface area contributed by atoms with Crippen LogP contribution in [0.5, 0.6) is 0 Å². The Morgan fingerprint density at radius 1 is 1.21 bits per heavy atom. The van der Waals surface area contributed by atoms with E-state index in [0.717, 1.165) is 0 Å². The first-order valence-electron chi connectivity index (χ1n) is 8.99. The number of rotatable bonds is 2. The van der Waals surface area contributed by atoms with Gasteiger partial charge in [0.15, 0.2) is 0 Å². The van der Waals surface area contributed by atoms with Gasteiger partial charge in [0.1, 0.15) is 0 Å². The minimum Gasteiger partial charge on any atom is -0.325 e. The summed E-state index contributed by atoms with van der Waals surface area (Å²) in [5.74, 6) is -0.104. The maximum Gasteiger partial charge on any atom is 0.256 e. The predicted molar refractivity (Wildman–Crippen MR) is 102 cm³/mol. The van der Waals surface area contributed by atoms with Gasteiger partial charge in [-0.3, -0.25) is 9.78 Å².